The van der Waals surface area contributed by atoms with Crippen molar-refractivity contribution < 1.29 is 28.2 Å². The van der Waals surface area contributed by atoms with Gasteiger partial charge in [-0.3, -0.25) is 4.79 Å². The topological polar surface area (TPSA) is 69.6 Å². The molecule has 4 nitrogen and oxygen atoms in total. The number of hydrogen-bond acceptors (Lipinski definition) is 3. The number of phenolic OH excluding ortho intramolecular Hbond substituents is 1. The minimum atomic E-state index is -4.54. The number of aliphatic carboxylic acids is 1. The third-order valence-corrected chi connectivity index (χ3v) is 1.76. The monoisotopic (exact) mass is 235 g/mol. The second kappa shape index (κ2) is 4.30. The molecule has 0 saturated carbocycles. The summed E-state index contributed by atoms with van der Waals surface area (Å²) in [6, 6.07) is 2.26. The maximum Gasteiger partial charge on any atom is 0.416 e. The van der Waals surface area contributed by atoms with E-state index in [0.717, 1.165) is 12.1 Å². The van der Waals surface area contributed by atoms with E-state index >= 15 is 0 Å². The molecular weight excluding hydrogens is 227 g/mol. The molecule has 0 bridgehead atoms. The standard InChI is InChI=1S/C9H8F3NO3/c10-9(11,12)5-1-2-6(7(14)3-5)13-4-8(15)16/h1-3,13-14H,4H2,(H,15,16). The number of rotatable bonds is 3. The first-order chi connectivity index (χ1) is 7.30. The van der Waals surface area contributed by atoms with Gasteiger partial charge in [0.25, 0.3) is 0 Å². The third kappa shape index (κ3) is 3.04. The molecule has 0 saturated heterocycles. The summed E-state index contributed by atoms with van der Waals surface area (Å²) >= 11 is 0. The number of benzene rings is 1. The molecule has 1 aromatic carbocycles. The lowest BCUT2D eigenvalue weighted by Gasteiger charge is -2.10. The molecule has 0 aromatic heterocycles. The van der Waals surface area contributed by atoms with Crippen LogP contribution in [0.2, 0.25) is 0 Å². The molecule has 0 amide bonds. The lowest BCUT2D eigenvalue weighted by Crippen LogP contribution is -2.12. The van der Waals surface area contributed by atoms with Crippen LogP contribution in [0.4, 0.5) is 18.9 Å². The summed E-state index contributed by atoms with van der Waals surface area (Å²) in [5, 5.41) is 19.8. The van der Waals surface area contributed by atoms with Crippen LogP contribution in [0.1, 0.15) is 5.56 Å². The zero-order valence-electron chi connectivity index (χ0n) is 7.88. The summed E-state index contributed by atoms with van der Waals surface area (Å²) in [6.45, 7) is -0.487. The van der Waals surface area contributed by atoms with E-state index in [-0.39, 0.29) is 5.69 Å². The number of aromatic hydroxyl groups is 1. The smallest absolute Gasteiger partial charge is 0.416 e. The summed E-state index contributed by atoms with van der Waals surface area (Å²) < 4.78 is 36.6. The van der Waals surface area contributed by atoms with Crippen molar-refractivity contribution >= 4 is 11.7 Å². The first kappa shape index (κ1) is 12.2. The van der Waals surface area contributed by atoms with Gasteiger partial charge in [-0.25, -0.2) is 0 Å². The van der Waals surface area contributed by atoms with Crippen molar-refractivity contribution in [3.05, 3.63) is 23.8 Å². The number of alkyl halides is 3. The first-order valence-electron chi connectivity index (χ1n) is 4.16. The first-order valence-corrected chi connectivity index (χ1v) is 4.16. The van der Waals surface area contributed by atoms with Gasteiger partial charge in [0.2, 0.25) is 0 Å². The maximum atomic E-state index is 12.2. The SMILES string of the molecule is O=C(O)CNc1ccc(C(F)(F)F)cc1O. The van der Waals surface area contributed by atoms with Crippen LogP contribution in [-0.2, 0) is 11.0 Å². The molecule has 1 rings (SSSR count). The number of phenols is 1. The molecular formula is C9H8F3NO3. The van der Waals surface area contributed by atoms with Gasteiger partial charge >= 0.3 is 12.1 Å². The minimum absolute atomic E-state index is 0.0598. The van der Waals surface area contributed by atoms with Crippen molar-refractivity contribution in [3.63, 3.8) is 0 Å². The van der Waals surface area contributed by atoms with Crippen molar-refractivity contribution in [2.45, 2.75) is 6.18 Å². The lowest BCUT2D eigenvalue weighted by atomic mass is 10.2. The lowest BCUT2D eigenvalue weighted by molar-refractivity contribution is -0.138. The number of carboxylic acid groups (broad SMARTS) is 1. The molecule has 0 spiro atoms. The summed E-state index contributed by atoms with van der Waals surface area (Å²) in [5.74, 6) is -1.82. The van der Waals surface area contributed by atoms with Gasteiger partial charge in [-0.1, -0.05) is 0 Å². The van der Waals surface area contributed by atoms with Crippen LogP contribution in [0.15, 0.2) is 18.2 Å². The van der Waals surface area contributed by atoms with Crippen LogP contribution in [0.5, 0.6) is 5.75 Å². The Morgan fingerprint density at radius 3 is 2.44 bits per heavy atom. The zero-order chi connectivity index (χ0) is 12.3. The van der Waals surface area contributed by atoms with Gasteiger partial charge in [0, 0.05) is 0 Å². The normalized spacial score (nSPS) is 11.2. The molecule has 0 aliphatic rings. The highest BCUT2D eigenvalue weighted by Crippen LogP contribution is 2.34. The Bertz CT molecular complexity index is 403. The molecule has 88 valence electrons. The molecule has 16 heavy (non-hydrogen) atoms. The molecule has 3 N–H and O–H groups in total. The Morgan fingerprint density at radius 2 is 2.00 bits per heavy atom. The van der Waals surface area contributed by atoms with Gasteiger partial charge in [-0.15, -0.1) is 0 Å². The van der Waals surface area contributed by atoms with E-state index < -0.39 is 30.0 Å². The highest BCUT2D eigenvalue weighted by molar-refractivity contribution is 5.74. The van der Waals surface area contributed by atoms with Crippen molar-refractivity contribution in [2.24, 2.45) is 0 Å². The predicted molar refractivity (Wildman–Crippen MR) is 49.2 cm³/mol. The molecule has 0 unspecified atom stereocenters. The van der Waals surface area contributed by atoms with Gasteiger partial charge in [0.05, 0.1) is 11.3 Å². The van der Waals surface area contributed by atoms with Crippen LogP contribution in [0.3, 0.4) is 0 Å². The number of carboxylic acids is 1. The van der Waals surface area contributed by atoms with Crippen molar-refractivity contribution in [2.75, 3.05) is 11.9 Å². The van der Waals surface area contributed by atoms with E-state index in [1.165, 1.54) is 0 Å². The van der Waals surface area contributed by atoms with Gasteiger partial charge in [-0.2, -0.15) is 13.2 Å². The van der Waals surface area contributed by atoms with Gasteiger partial charge < -0.3 is 15.5 Å². The molecule has 0 aliphatic heterocycles. The summed E-state index contributed by atoms with van der Waals surface area (Å²) in [5.41, 5.74) is -1.05. The molecule has 0 fully saturated rings. The number of halogens is 3. The van der Waals surface area contributed by atoms with E-state index in [1.54, 1.807) is 0 Å². The fourth-order valence-electron chi connectivity index (χ4n) is 1.03. The van der Waals surface area contributed by atoms with Gasteiger partial charge in [0.1, 0.15) is 12.3 Å². The average molecular weight is 235 g/mol. The van der Waals surface area contributed by atoms with E-state index in [9.17, 15) is 23.1 Å². The van der Waals surface area contributed by atoms with Crippen molar-refractivity contribution in [3.8, 4) is 5.75 Å². The van der Waals surface area contributed by atoms with Crippen molar-refractivity contribution in [1.29, 1.82) is 0 Å². The van der Waals surface area contributed by atoms with Crippen LogP contribution >= 0.6 is 0 Å². The number of carbonyl (C=O) groups is 1. The Morgan fingerprint density at radius 1 is 1.38 bits per heavy atom. The summed E-state index contributed by atoms with van der Waals surface area (Å²) in [4.78, 5) is 10.2. The van der Waals surface area contributed by atoms with Gasteiger partial charge in [0.15, 0.2) is 0 Å². The van der Waals surface area contributed by atoms with Crippen LogP contribution in [0.25, 0.3) is 0 Å². The van der Waals surface area contributed by atoms with Crippen LogP contribution in [-0.4, -0.2) is 22.7 Å². The van der Waals surface area contributed by atoms with Crippen LogP contribution < -0.4 is 5.32 Å². The number of anilines is 1. The second-order valence-corrected chi connectivity index (χ2v) is 2.98. The fraction of sp³-hybridized carbons (Fsp3) is 0.222. The highest BCUT2D eigenvalue weighted by atomic mass is 19.4. The Labute approximate surface area is 88.3 Å². The minimum Gasteiger partial charge on any atom is -0.506 e. The predicted octanol–water partition coefficient (Wildman–Crippen LogP) is 1.91. The largest absolute Gasteiger partial charge is 0.506 e. The van der Waals surface area contributed by atoms with E-state index in [2.05, 4.69) is 5.32 Å². The van der Waals surface area contributed by atoms with Gasteiger partial charge in [-0.05, 0) is 18.2 Å². The van der Waals surface area contributed by atoms with E-state index in [1.807, 2.05) is 0 Å². The molecule has 0 radical (unpaired) electrons. The second-order valence-electron chi connectivity index (χ2n) is 2.98. The average Bonchev–Trinajstić information content (AvgIpc) is 2.14. The summed E-state index contributed by atoms with van der Waals surface area (Å²) in [6.07, 6.45) is -4.54. The number of hydrogen-bond donors (Lipinski definition) is 3. The third-order valence-electron chi connectivity index (χ3n) is 1.76. The van der Waals surface area contributed by atoms with Crippen LogP contribution in [0, 0.1) is 0 Å². The molecule has 0 heterocycles. The Kier molecular flexibility index (Phi) is 3.26. The quantitative estimate of drug-likeness (QED) is 0.700. The molecule has 7 heteroatoms. The highest BCUT2D eigenvalue weighted by Gasteiger charge is 2.31. The molecule has 1 aromatic rings. The molecule has 0 atom stereocenters. The summed E-state index contributed by atoms with van der Waals surface area (Å²) in [7, 11) is 0. The van der Waals surface area contributed by atoms with Crippen molar-refractivity contribution in [1.82, 2.24) is 0 Å². The number of nitrogens with one attached hydrogen (secondary N) is 1. The Balaban J connectivity index is 2.88. The van der Waals surface area contributed by atoms with E-state index in [4.69, 9.17) is 5.11 Å². The molecule has 0 aliphatic carbocycles. The fourth-order valence-corrected chi connectivity index (χ4v) is 1.03. The Hall–Kier alpha value is -1.92. The van der Waals surface area contributed by atoms with E-state index in [0.29, 0.717) is 6.07 Å². The zero-order valence-corrected chi connectivity index (χ0v) is 7.88. The maximum absolute atomic E-state index is 12.2.